The third-order valence-corrected chi connectivity index (χ3v) is 5.07. The number of urea groups is 1. The quantitative estimate of drug-likeness (QED) is 0.0782. The number of carbonyl (C=O) groups excluding carboxylic acids is 4. The number of carboxylic acid groups (broad SMARTS) is 1. The second-order valence-corrected chi connectivity index (χ2v) is 7.84. The Hall–Kier alpha value is -4.04. The number of hydrazine groups is 1. The molecule has 18 nitrogen and oxygen atoms in total. The topological polar surface area (TPSA) is 286 Å². The van der Waals surface area contributed by atoms with E-state index in [9.17, 15) is 32.4 Å². The van der Waals surface area contributed by atoms with Crippen LogP contribution in [0.25, 0.3) is 0 Å². The third-order valence-electron chi connectivity index (χ3n) is 3.49. The number of hydrogen-bond donors (Lipinski definition) is 7. The van der Waals surface area contributed by atoms with Crippen molar-refractivity contribution in [2.75, 3.05) is 12.3 Å². The molecule has 0 spiro atoms. The number of carboxylic acids is 1. The minimum Gasteiger partial charge on any atom is -0.479 e. The number of aromatic nitrogens is 1. The van der Waals surface area contributed by atoms with Crippen LogP contribution in [0.1, 0.15) is 5.69 Å². The molecule has 5 amide bonds. The lowest BCUT2D eigenvalue weighted by Crippen LogP contribution is -2.76. The van der Waals surface area contributed by atoms with Gasteiger partial charge in [-0.3, -0.25) is 24.4 Å². The lowest BCUT2D eigenvalue weighted by Gasteiger charge is -2.42. The number of β-lactam (4-membered cyclic amide) rings is 1. The number of nitrogens with one attached hydrogen (secondary N) is 3. The number of amides is 5. The van der Waals surface area contributed by atoms with Crippen LogP contribution in [0.2, 0.25) is 0 Å². The van der Waals surface area contributed by atoms with Gasteiger partial charge in [0.05, 0.1) is 0 Å². The first kappa shape index (κ1) is 24.2. The van der Waals surface area contributed by atoms with Gasteiger partial charge in [-0.1, -0.05) is 5.16 Å². The molecule has 1 aliphatic heterocycles. The van der Waals surface area contributed by atoms with Crippen molar-refractivity contribution in [3.05, 3.63) is 11.1 Å². The molecule has 1 saturated heterocycles. The minimum atomic E-state index is -5.23. The van der Waals surface area contributed by atoms with Crippen molar-refractivity contribution in [1.82, 2.24) is 25.5 Å². The zero-order valence-electron chi connectivity index (χ0n) is 15.4. The average molecular weight is 494 g/mol. The second-order valence-electron chi connectivity index (χ2n) is 5.66. The smallest absolute Gasteiger partial charge is 0.363 e. The number of oxime groups is 1. The molecule has 1 fully saturated rings. The molecule has 1 aromatic heterocycles. The molecular formula is C12H14N8O10S2. The highest BCUT2D eigenvalue weighted by molar-refractivity contribution is 7.84. The van der Waals surface area contributed by atoms with E-state index >= 15 is 0 Å². The Labute approximate surface area is 181 Å². The molecule has 2 rings (SSSR count). The minimum absolute atomic E-state index is 0.00853. The van der Waals surface area contributed by atoms with E-state index in [0.717, 1.165) is 11.3 Å². The predicted molar refractivity (Wildman–Crippen MR) is 102 cm³/mol. The fraction of sp³-hybridized carbons (Fsp3) is 0.250. The number of nitrogen functional groups attached to an aromatic ring is 1. The van der Waals surface area contributed by atoms with Crippen molar-refractivity contribution in [2.45, 2.75) is 12.1 Å². The highest BCUT2D eigenvalue weighted by atomic mass is 32.2. The lowest BCUT2D eigenvalue weighted by atomic mass is 9.97. The zero-order chi connectivity index (χ0) is 24.2. The molecule has 9 N–H and O–H groups in total. The lowest BCUT2D eigenvalue weighted by molar-refractivity contribution is -0.152. The summed E-state index contributed by atoms with van der Waals surface area (Å²) in [6.07, 6.45) is 0. The van der Waals surface area contributed by atoms with Crippen LogP contribution in [0.4, 0.5) is 9.93 Å². The summed E-state index contributed by atoms with van der Waals surface area (Å²) >= 11 is 0.878. The van der Waals surface area contributed by atoms with E-state index in [1.807, 2.05) is 5.32 Å². The van der Waals surface area contributed by atoms with Crippen LogP contribution in [0.5, 0.6) is 0 Å². The maximum Gasteiger partial charge on any atom is 0.363 e. The molecule has 0 radical (unpaired) electrons. The Balaban J connectivity index is 2.29. The summed E-state index contributed by atoms with van der Waals surface area (Å²) in [5, 5.41) is 15.2. The van der Waals surface area contributed by atoms with Crippen LogP contribution < -0.4 is 27.6 Å². The number of anilines is 1. The fourth-order valence-electron chi connectivity index (χ4n) is 2.28. The summed E-state index contributed by atoms with van der Waals surface area (Å²) < 4.78 is 31.7. The van der Waals surface area contributed by atoms with Crippen molar-refractivity contribution in [2.24, 2.45) is 10.9 Å². The Kier molecular flexibility index (Phi) is 7.12. The predicted octanol–water partition coefficient (Wildman–Crippen LogP) is -4.27. The van der Waals surface area contributed by atoms with E-state index in [0.29, 0.717) is 0 Å². The number of rotatable bonds is 8. The van der Waals surface area contributed by atoms with Gasteiger partial charge in [-0.2, -0.15) is 12.7 Å². The number of aliphatic carboxylic acids is 1. The number of carbonyl (C=O) groups is 5. The number of thiazole rings is 1. The van der Waals surface area contributed by atoms with Crippen molar-refractivity contribution >= 4 is 62.2 Å². The van der Waals surface area contributed by atoms with Crippen molar-refractivity contribution in [3.63, 3.8) is 0 Å². The molecule has 0 bridgehead atoms. The van der Waals surface area contributed by atoms with E-state index in [2.05, 4.69) is 15.0 Å². The molecule has 174 valence electrons. The molecule has 2 atom stereocenters. The molecule has 0 saturated carbocycles. The van der Waals surface area contributed by atoms with Gasteiger partial charge in [0.2, 0.25) is 6.61 Å². The monoisotopic (exact) mass is 494 g/mol. The molecule has 1 aliphatic rings. The number of nitrogens with two attached hydrogens (primary N) is 2. The Morgan fingerprint density at radius 3 is 2.47 bits per heavy atom. The SMILES string of the molecule is NC(=O)NNC(=O)[C@H]1[C@@H](NC(=O)/C(=N\OCC(=O)O)c2csc(N)n2)C(=O)N1S(=O)(=O)O. The number of nitrogens with zero attached hydrogens (tertiary/aromatic N) is 3. The normalized spacial score (nSPS) is 18.3. The summed E-state index contributed by atoms with van der Waals surface area (Å²) in [7, 11) is -5.23. The van der Waals surface area contributed by atoms with Crippen molar-refractivity contribution < 1.29 is 46.9 Å². The van der Waals surface area contributed by atoms with Gasteiger partial charge in [0.25, 0.3) is 17.7 Å². The first-order valence-electron chi connectivity index (χ1n) is 7.93. The van der Waals surface area contributed by atoms with Gasteiger partial charge < -0.3 is 26.7 Å². The molecule has 0 unspecified atom stereocenters. The highest BCUT2D eigenvalue weighted by Crippen LogP contribution is 2.24. The average Bonchev–Trinajstić information content (AvgIpc) is 3.09. The van der Waals surface area contributed by atoms with E-state index in [-0.39, 0.29) is 15.1 Å². The molecule has 32 heavy (non-hydrogen) atoms. The summed E-state index contributed by atoms with van der Waals surface area (Å²) in [6, 6.07) is -5.14. The van der Waals surface area contributed by atoms with Gasteiger partial charge >= 0.3 is 22.3 Å². The summed E-state index contributed by atoms with van der Waals surface area (Å²) in [6.45, 7) is -0.945. The maximum atomic E-state index is 12.6. The highest BCUT2D eigenvalue weighted by Gasteiger charge is 2.58. The third kappa shape index (κ3) is 5.55. The van der Waals surface area contributed by atoms with Gasteiger partial charge in [-0.05, 0) is 0 Å². The molecule has 20 heteroatoms. The van der Waals surface area contributed by atoms with E-state index < -0.39 is 64.4 Å². The van der Waals surface area contributed by atoms with Crippen LogP contribution in [-0.4, -0.2) is 81.5 Å². The Bertz CT molecular complexity index is 1100. The van der Waals surface area contributed by atoms with E-state index in [1.54, 1.807) is 10.9 Å². The van der Waals surface area contributed by atoms with Crippen LogP contribution in [0.3, 0.4) is 0 Å². The standard InChI is InChI=1S/C12H14N8O10S2/c13-11(26)18-17-9(24)7-6(10(25)20(7)32(27,28)29)16-8(23)5(19-30-1-4(21)22)3-2-31-12(14)15-3/h2,6-7H,1H2,(H2,14,15)(H,16,23)(H,17,24)(H,21,22)(H3,13,18,26)(H,27,28,29)/b19-5-/t6-,7-/m1/s1. The van der Waals surface area contributed by atoms with E-state index in [4.69, 9.17) is 21.1 Å². The number of hydrogen-bond acceptors (Lipinski definition) is 12. The maximum absolute atomic E-state index is 12.6. The Morgan fingerprint density at radius 1 is 1.31 bits per heavy atom. The molecule has 0 aliphatic carbocycles. The van der Waals surface area contributed by atoms with Crippen LogP contribution in [-0.2, 0) is 34.3 Å². The largest absolute Gasteiger partial charge is 0.479 e. The van der Waals surface area contributed by atoms with Gasteiger partial charge in [-0.15, -0.1) is 11.3 Å². The van der Waals surface area contributed by atoms with Crippen molar-refractivity contribution in [3.8, 4) is 0 Å². The summed E-state index contributed by atoms with van der Waals surface area (Å²) in [4.78, 5) is 66.5. The molecule has 2 heterocycles. The van der Waals surface area contributed by atoms with Crippen LogP contribution in [0.15, 0.2) is 10.5 Å². The first-order valence-corrected chi connectivity index (χ1v) is 10.2. The Morgan fingerprint density at radius 2 is 1.97 bits per heavy atom. The summed E-state index contributed by atoms with van der Waals surface area (Å²) in [5.74, 6) is -5.42. The van der Waals surface area contributed by atoms with Crippen LogP contribution >= 0.6 is 11.3 Å². The van der Waals surface area contributed by atoms with Gasteiger partial charge in [-0.25, -0.2) is 20.0 Å². The fourth-order valence-corrected chi connectivity index (χ4v) is 3.67. The zero-order valence-corrected chi connectivity index (χ0v) is 17.0. The van der Waals surface area contributed by atoms with Gasteiger partial charge in [0.15, 0.2) is 16.9 Å². The molecule has 0 aromatic carbocycles. The second kappa shape index (κ2) is 9.40. The number of primary amides is 1. The first-order chi connectivity index (χ1) is 14.8. The molecular weight excluding hydrogens is 480 g/mol. The van der Waals surface area contributed by atoms with E-state index in [1.165, 1.54) is 5.38 Å². The summed E-state index contributed by atoms with van der Waals surface area (Å²) in [5.41, 5.74) is 12.7. The van der Waals surface area contributed by atoms with Gasteiger partial charge in [0.1, 0.15) is 11.7 Å². The van der Waals surface area contributed by atoms with Gasteiger partial charge in [0, 0.05) is 5.38 Å². The van der Waals surface area contributed by atoms with Crippen molar-refractivity contribution in [1.29, 1.82) is 0 Å². The molecule has 1 aromatic rings. The van der Waals surface area contributed by atoms with Crippen LogP contribution in [0, 0.1) is 0 Å².